The number of aliphatic hydroxyl groups excluding tert-OH is 1. The number of ether oxygens (including phenoxy) is 4. The molecule has 0 aromatic heterocycles. The Labute approximate surface area is 581 Å². The van der Waals surface area contributed by atoms with Crippen molar-refractivity contribution in [2.24, 2.45) is 23.7 Å². The van der Waals surface area contributed by atoms with E-state index in [0.717, 1.165) is 114 Å². The first-order valence-electron chi connectivity index (χ1n) is 39.3. The Balaban J connectivity index is 5.26. The normalized spacial score (nSPS) is 14.7. The van der Waals surface area contributed by atoms with Gasteiger partial charge in [-0.1, -0.05) is 331 Å². The molecule has 0 aliphatic rings. The van der Waals surface area contributed by atoms with E-state index < -0.39 is 97.5 Å². The zero-order valence-electron chi connectivity index (χ0n) is 62.3. The Hall–Kier alpha value is -1.94. The molecule has 0 aromatic carbocycles. The summed E-state index contributed by atoms with van der Waals surface area (Å²) in [6.45, 7) is 14.2. The summed E-state index contributed by atoms with van der Waals surface area (Å²) in [5.41, 5.74) is 0. The largest absolute Gasteiger partial charge is 0.472 e. The Bertz CT molecular complexity index is 1870. The zero-order valence-corrected chi connectivity index (χ0v) is 64.1. The Morgan fingerprint density at radius 1 is 0.295 bits per heavy atom. The zero-order chi connectivity index (χ0) is 70.3. The van der Waals surface area contributed by atoms with Crippen molar-refractivity contribution < 1.29 is 80.2 Å². The number of esters is 4. The van der Waals surface area contributed by atoms with E-state index in [-0.39, 0.29) is 25.7 Å². The topological polar surface area (TPSA) is 237 Å². The summed E-state index contributed by atoms with van der Waals surface area (Å²) in [6.07, 6.45) is 49.9. The summed E-state index contributed by atoms with van der Waals surface area (Å²) in [7, 11) is -9.91. The quantitative estimate of drug-likeness (QED) is 0.0222. The highest BCUT2D eigenvalue weighted by Gasteiger charge is 2.30. The molecule has 0 saturated heterocycles. The van der Waals surface area contributed by atoms with Gasteiger partial charge in [-0.3, -0.25) is 37.3 Å². The van der Waals surface area contributed by atoms with Crippen molar-refractivity contribution in [1.29, 1.82) is 0 Å². The molecule has 95 heavy (non-hydrogen) atoms. The van der Waals surface area contributed by atoms with Crippen molar-refractivity contribution in [3.05, 3.63) is 0 Å². The van der Waals surface area contributed by atoms with Gasteiger partial charge in [0.1, 0.15) is 19.3 Å². The lowest BCUT2D eigenvalue weighted by Crippen LogP contribution is -2.30. The number of phosphoric ester groups is 2. The molecule has 0 aliphatic heterocycles. The SMILES string of the molecule is CCC(C)CCCCCCCCCCCCCCCCC(=O)O[C@H](COC(=O)CCCCCCCCCCCCCCC(C)C)COP(=O)(O)OCC(O)COP(=O)(O)OC[C@@H](COC(=O)CCCCCCCCCC(C)C)OC(=O)CCCCCCCCCCC(C)CC. The van der Waals surface area contributed by atoms with Crippen molar-refractivity contribution >= 4 is 39.5 Å². The summed E-state index contributed by atoms with van der Waals surface area (Å²) in [4.78, 5) is 72.8. The molecule has 0 rings (SSSR count). The third-order valence-corrected chi connectivity index (χ3v) is 20.2. The van der Waals surface area contributed by atoms with Gasteiger partial charge in [-0.05, 0) is 49.4 Å². The van der Waals surface area contributed by atoms with Gasteiger partial charge in [0.25, 0.3) is 0 Å². The van der Waals surface area contributed by atoms with E-state index >= 15 is 0 Å². The van der Waals surface area contributed by atoms with Gasteiger partial charge < -0.3 is 33.8 Å². The summed E-state index contributed by atoms with van der Waals surface area (Å²) in [5.74, 6) is 0.980. The van der Waals surface area contributed by atoms with Crippen LogP contribution in [-0.4, -0.2) is 96.7 Å². The van der Waals surface area contributed by atoms with Gasteiger partial charge in [-0.25, -0.2) is 9.13 Å². The summed E-state index contributed by atoms with van der Waals surface area (Å²) < 4.78 is 68.5. The van der Waals surface area contributed by atoms with Crippen LogP contribution in [0, 0.1) is 23.7 Å². The van der Waals surface area contributed by atoms with Crippen molar-refractivity contribution in [3.8, 4) is 0 Å². The standard InChI is InChI=1S/C76H148O17P2/c1-9-68(7)54-46-38-30-22-18-13-11-12-14-20-24-33-42-50-58-75(80)92-71(62-86-73(78)56-48-40-32-23-19-16-15-17-21-28-36-44-52-66(3)4)64-90-94(82,83)88-60-70(77)61-89-95(84,85)91-65-72(63-87-74(79)57-49-41-35-27-29-37-45-53-67(5)6)93-76(81)59-51-43-34-26-25-31-39-47-55-69(8)10-2/h66-72,77H,9-65H2,1-8H3,(H,82,83)(H,84,85)/t68?,69?,70?,71-,72-/m1/s1. The minimum atomic E-state index is -4.96. The maximum Gasteiger partial charge on any atom is 0.472 e. The molecule has 564 valence electrons. The molecule has 0 heterocycles. The van der Waals surface area contributed by atoms with Crippen LogP contribution in [-0.2, 0) is 65.4 Å². The Morgan fingerprint density at radius 3 is 0.747 bits per heavy atom. The molecular formula is C76H148O17P2. The first-order chi connectivity index (χ1) is 45.7. The number of carbonyl (C=O) groups excluding carboxylic acids is 4. The number of aliphatic hydroxyl groups is 1. The van der Waals surface area contributed by atoms with E-state index in [1.54, 1.807) is 0 Å². The Morgan fingerprint density at radius 2 is 0.505 bits per heavy atom. The number of unbranched alkanes of at least 4 members (excludes halogenated alkanes) is 37. The number of phosphoric acid groups is 2. The monoisotopic (exact) mass is 1400 g/mol. The smallest absolute Gasteiger partial charge is 0.462 e. The van der Waals surface area contributed by atoms with Gasteiger partial charge in [-0.15, -0.1) is 0 Å². The van der Waals surface area contributed by atoms with E-state index in [2.05, 4.69) is 55.4 Å². The minimum absolute atomic E-state index is 0.104. The highest BCUT2D eigenvalue weighted by atomic mass is 31.2. The lowest BCUT2D eigenvalue weighted by atomic mass is 9.99. The molecule has 0 radical (unpaired) electrons. The van der Waals surface area contributed by atoms with Crippen LogP contribution >= 0.6 is 15.6 Å². The lowest BCUT2D eigenvalue weighted by Gasteiger charge is -2.21. The molecule has 0 aliphatic carbocycles. The Kier molecular flexibility index (Phi) is 64.0. The molecule has 0 spiro atoms. The molecule has 0 amide bonds. The molecule has 0 aromatic rings. The number of carbonyl (C=O) groups is 4. The maximum absolute atomic E-state index is 13.1. The van der Waals surface area contributed by atoms with Gasteiger partial charge in [0.15, 0.2) is 12.2 Å². The van der Waals surface area contributed by atoms with Gasteiger partial charge in [-0.2, -0.15) is 0 Å². The van der Waals surface area contributed by atoms with E-state index in [9.17, 15) is 43.2 Å². The maximum atomic E-state index is 13.1. The average Bonchev–Trinajstić information content (AvgIpc) is 1.55. The molecule has 7 atom stereocenters. The molecular weight excluding hydrogens is 1250 g/mol. The highest BCUT2D eigenvalue weighted by molar-refractivity contribution is 7.47. The van der Waals surface area contributed by atoms with Crippen LogP contribution in [0.4, 0.5) is 0 Å². The highest BCUT2D eigenvalue weighted by Crippen LogP contribution is 2.45. The van der Waals surface area contributed by atoms with E-state index in [1.165, 1.54) is 180 Å². The first kappa shape index (κ1) is 93.1. The summed E-state index contributed by atoms with van der Waals surface area (Å²) in [6, 6.07) is 0. The average molecular weight is 1400 g/mol. The van der Waals surface area contributed by atoms with Crippen LogP contribution in [0.15, 0.2) is 0 Å². The van der Waals surface area contributed by atoms with E-state index in [4.69, 9.17) is 37.0 Å². The molecule has 5 unspecified atom stereocenters. The molecule has 19 heteroatoms. The fourth-order valence-corrected chi connectivity index (χ4v) is 13.1. The van der Waals surface area contributed by atoms with Crippen LogP contribution in [0.2, 0.25) is 0 Å². The van der Waals surface area contributed by atoms with E-state index in [1.807, 2.05) is 0 Å². The van der Waals surface area contributed by atoms with Crippen molar-refractivity contribution in [2.75, 3.05) is 39.6 Å². The number of hydrogen-bond donors (Lipinski definition) is 3. The summed E-state index contributed by atoms with van der Waals surface area (Å²) in [5, 5.41) is 10.6. The fourth-order valence-electron chi connectivity index (χ4n) is 11.5. The van der Waals surface area contributed by atoms with Crippen LogP contribution in [0.3, 0.4) is 0 Å². The van der Waals surface area contributed by atoms with Crippen molar-refractivity contribution in [1.82, 2.24) is 0 Å². The van der Waals surface area contributed by atoms with Crippen LogP contribution in [0.5, 0.6) is 0 Å². The van der Waals surface area contributed by atoms with Gasteiger partial charge in [0, 0.05) is 25.7 Å². The van der Waals surface area contributed by atoms with Crippen molar-refractivity contribution in [2.45, 2.75) is 401 Å². The lowest BCUT2D eigenvalue weighted by molar-refractivity contribution is -0.161. The van der Waals surface area contributed by atoms with Crippen molar-refractivity contribution in [3.63, 3.8) is 0 Å². The van der Waals surface area contributed by atoms with E-state index in [0.29, 0.717) is 31.6 Å². The molecule has 0 saturated carbocycles. The second-order valence-corrected chi connectivity index (χ2v) is 31.7. The fraction of sp³-hybridized carbons (Fsp3) is 0.947. The second-order valence-electron chi connectivity index (χ2n) is 28.8. The number of rotatable bonds is 73. The van der Waals surface area contributed by atoms with Crippen LogP contribution in [0.25, 0.3) is 0 Å². The predicted octanol–water partition coefficient (Wildman–Crippen LogP) is 22.0. The van der Waals surface area contributed by atoms with Gasteiger partial charge in [0.2, 0.25) is 0 Å². The third-order valence-electron chi connectivity index (χ3n) is 18.3. The molecule has 0 bridgehead atoms. The molecule has 17 nitrogen and oxygen atoms in total. The van der Waals surface area contributed by atoms with Crippen LogP contribution < -0.4 is 0 Å². The van der Waals surface area contributed by atoms with Gasteiger partial charge >= 0.3 is 39.5 Å². The first-order valence-corrected chi connectivity index (χ1v) is 42.3. The second kappa shape index (κ2) is 65.4. The third kappa shape index (κ3) is 67.6. The predicted molar refractivity (Wildman–Crippen MR) is 386 cm³/mol. The molecule has 3 N–H and O–H groups in total. The van der Waals surface area contributed by atoms with Gasteiger partial charge in [0.05, 0.1) is 26.4 Å². The molecule has 0 fully saturated rings. The summed E-state index contributed by atoms with van der Waals surface area (Å²) >= 11 is 0. The minimum Gasteiger partial charge on any atom is -0.462 e. The number of hydrogen-bond acceptors (Lipinski definition) is 15. The van der Waals surface area contributed by atoms with Crippen LogP contribution in [0.1, 0.15) is 383 Å².